The van der Waals surface area contributed by atoms with Crippen LogP contribution in [0.1, 0.15) is 98.8 Å². The van der Waals surface area contributed by atoms with Crippen LogP contribution < -0.4 is 10.6 Å². The third-order valence-electron chi connectivity index (χ3n) is 12.0. The Labute approximate surface area is 207 Å². The van der Waals surface area contributed by atoms with Crippen molar-refractivity contribution in [1.29, 1.82) is 0 Å². The monoisotopic (exact) mass is 468 g/mol. The predicted molar refractivity (Wildman–Crippen MR) is 136 cm³/mol. The zero-order chi connectivity index (χ0) is 23.8. The molecule has 3 saturated carbocycles. The molecule has 0 aromatic carbocycles. The Kier molecular flexibility index (Phi) is 5.76. The average Bonchev–Trinajstić information content (AvgIpc) is 3.24. The van der Waals surface area contributed by atoms with Gasteiger partial charge in [0.2, 0.25) is 5.91 Å². The standard InChI is InChI=1S/C30H48N2O2/c1-17-12-27-28(31-16-17)19(3)30(34-27)11-9-23-24-7-6-21-13-22(32-20(4)33)8-10-29(21,5)26(24)14-25(23)18(2)15-30/h17,19,21-24,26-28,31H,6-16H2,1-5H3,(H,32,33)/t17-,19+,21+,22+,23-,24-,26-,27+,28?,29-,30-/m0/s1. The van der Waals surface area contributed by atoms with Gasteiger partial charge in [-0.1, -0.05) is 31.9 Å². The van der Waals surface area contributed by atoms with Crippen molar-refractivity contribution >= 4 is 5.91 Å². The molecule has 2 saturated heterocycles. The van der Waals surface area contributed by atoms with Crippen molar-refractivity contribution in [2.75, 3.05) is 6.54 Å². The highest BCUT2D eigenvalue weighted by atomic mass is 16.5. The number of fused-ring (bicyclic) bond motifs is 6. The third-order valence-corrected chi connectivity index (χ3v) is 12.0. The Balaban J connectivity index is 1.23. The fraction of sp³-hybridized carbons (Fsp3) is 0.900. The van der Waals surface area contributed by atoms with E-state index in [1.165, 1.54) is 57.8 Å². The largest absolute Gasteiger partial charge is 0.369 e. The van der Waals surface area contributed by atoms with E-state index in [-0.39, 0.29) is 11.5 Å². The van der Waals surface area contributed by atoms with Crippen LogP contribution in [-0.4, -0.2) is 36.2 Å². The lowest BCUT2D eigenvalue weighted by Gasteiger charge is -2.54. The molecule has 11 atom stereocenters. The summed E-state index contributed by atoms with van der Waals surface area (Å²) in [6.45, 7) is 12.8. The van der Waals surface area contributed by atoms with Crippen LogP contribution in [0, 0.1) is 40.9 Å². The molecule has 4 aliphatic carbocycles. The van der Waals surface area contributed by atoms with E-state index >= 15 is 0 Å². The number of hydrogen-bond acceptors (Lipinski definition) is 3. The predicted octanol–water partition coefficient (Wildman–Crippen LogP) is 5.62. The molecule has 190 valence electrons. The fourth-order valence-electron chi connectivity index (χ4n) is 10.2. The van der Waals surface area contributed by atoms with E-state index in [2.05, 4.69) is 38.3 Å². The van der Waals surface area contributed by atoms with Crippen LogP contribution in [-0.2, 0) is 9.53 Å². The Morgan fingerprint density at radius 1 is 1.12 bits per heavy atom. The molecular formula is C30H48N2O2. The summed E-state index contributed by atoms with van der Waals surface area (Å²) in [7, 11) is 0. The fourth-order valence-corrected chi connectivity index (χ4v) is 10.2. The van der Waals surface area contributed by atoms with E-state index in [1.807, 2.05) is 5.57 Å². The van der Waals surface area contributed by atoms with Gasteiger partial charge in [0.15, 0.2) is 0 Å². The maximum absolute atomic E-state index is 11.7. The van der Waals surface area contributed by atoms with Crippen LogP contribution in [0.15, 0.2) is 11.1 Å². The van der Waals surface area contributed by atoms with Gasteiger partial charge in [0.1, 0.15) is 0 Å². The molecule has 5 fully saturated rings. The van der Waals surface area contributed by atoms with Crippen molar-refractivity contribution in [3.63, 3.8) is 0 Å². The molecule has 0 bridgehead atoms. The molecule has 2 N–H and O–H groups in total. The first kappa shape index (κ1) is 23.5. The Morgan fingerprint density at radius 2 is 1.94 bits per heavy atom. The van der Waals surface area contributed by atoms with Crippen LogP contribution >= 0.6 is 0 Å². The molecule has 0 aromatic rings. The van der Waals surface area contributed by atoms with Gasteiger partial charge in [-0.25, -0.2) is 0 Å². The molecule has 6 rings (SSSR count). The summed E-state index contributed by atoms with van der Waals surface area (Å²) in [6, 6.07) is 0.952. The summed E-state index contributed by atoms with van der Waals surface area (Å²) in [6.07, 6.45) is 13.1. The second kappa shape index (κ2) is 8.33. The average molecular weight is 469 g/mol. The lowest BCUT2D eigenvalue weighted by molar-refractivity contribution is -0.121. The lowest BCUT2D eigenvalue weighted by atomic mass is 9.52. The highest BCUT2D eigenvalue weighted by Crippen LogP contribution is 2.65. The Morgan fingerprint density at radius 3 is 2.74 bits per heavy atom. The van der Waals surface area contributed by atoms with E-state index < -0.39 is 0 Å². The van der Waals surface area contributed by atoms with E-state index in [1.54, 1.807) is 12.5 Å². The number of ether oxygens (including phenoxy) is 1. The van der Waals surface area contributed by atoms with E-state index in [0.29, 0.717) is 29.5 Å². The highest BCUT2D eigenvalue weighted by Gasteiger charge is 2.59. The third kappa shape index (κ3) is 3.56. The molecule has 0 radical (unpaired) electrons. The van der Waals surface area contributed by atoms with Gasteiger partial charge in [-0.3, -0.25) is 4.79 Å². The zero-order valence-corrected chi connectivity index (χ0v) is 22.3. The highest BCUT2D eigenvalue weighted by molar-refractivity contribution is 5.73. The Hall–Kier alpha value is -0.870. The van der Waals surface area contributed by atoms with Crippen LogP contribution in [0.4, 0.5) is 0 Å². The molecule has 4 heteroatoms. The van der Waals surface area contributed by atoms with Crippen LogP contribution in [0.2, 0.25) is 0 Å². The summed E-state index contributed by atoms with van der Waals surface area (Å²) in [4.78, 5) is 11.7. The summed E-state index contributed by atoms with van der Waals surface area (Å²) in [5, 5.41) is 7.11. The van der Waals surface area contributed by atoms with Gasteiger partial charge >= 0.3 is 0 Å². The summed E-state index contributed by atoms with van der Waals surface area (Å²) < 4.78 is 7.05. The smallest absolute Gasteiger partial charge is 0.217 e. The number of hydrogen-bond donors (Lipinski definition) is 2. The number of rotatable bonds is 1. The number of nitrogens with one attached hydrogen (secondary N) is 2. The minimum atomic E-state index is 0.0564. The van der Waals surface area contributed by atoms with Crippen molar-refractivity contribution < 1.29 is 9.53 Å². The van der Waals surface area contributed by atoms with Crippen molar-refractivity contribution in [2.45, 2.75) is 123 Å². The summed E-state index contributed by atoms with van der Waals surface area (Å²) in [5.74, 6) is 4.77. The van der Waals surface area contributed by atoms with Gasteiger partial charge in [-0.15, -0.1) is 0 Å². The van der Waals surface area contributed by atoms with E-state index in [9.17, 15) is 4.79 Å². The number of carbonyl (C=O) groups excluding carboxylic acids is 1. The SMILES string of the molecule is CC(=O)N[C@@H]1CC[C@@]2(C)[C@H](CC[C@H]3[C@@H]4CC[C@@]5(CC(C)=C4C[C@@H]32)O[C@@H]2C[C@H](C)CNC2[C@H]5C)C1. The molecule has 1 amide bonds. The number of carbonyl (C=O) groups is 1. The van der Waals surface area contributed by atoms with Gasteiger partial charge in [0.25, 0.3) is 0 Å². The van der Waals surface area contributed by atoms with Crippen molar-refractivity contribution in [3.8, 4) is 0 Å². The topological polar surface area (TPSA) is 50.4 Å². The minimum Gasteiger partial charge on any atom is -0.369 e. The van der Waals surface area contributed by atoms with Crippen LogP contribution in [0.5, 0.6) is 0 Å². The quantitative estimate of drug-likeness (QED) is 0.491. The maximum Gasteiger partial charge on any atom is 0.217 e. The van der Waals surface area contributed by atoms with Gasteiger partial charge in [-0.2, -0.15) is 0 Å². The summed E-state index contributed by atoms with van der Waals surface area (Å²) >= 11 is 0. The molecule has 2 heterocycles. The normalized spacial score (nSPS) is 52.4. The molecule has 34 heavy (non-hydrogen) atoms. The first-order valence-electron chi connectivity index (χ1n) is 14.6. The molecule has 1 spiro atoms. The van der Waals surface area contributed by atoms with Crippen molar-refractivity contribution in [3.05, 3.63) is 11.1 Å². The van der Waals surface area contributed by atoms with Crippen LogP contribution in [0.3, 0.4) is 0 Å². The first-order valence-corrected chi connectivity index (χ1v) is 14.6. The van der Waals surface area contributed by atoms with E-state index in [0.717, 1.165) is 42.6 Å². The first-order chi connectivity index (χ1) is 16.2. The maximum atomic E-state index is 11.7. The van der Waals surface area contributed by atoms with Crippen LogP contribution in [0.25, 0.3) is 0 Å². The van der Waals surface area contributed by atoms with E-state index in [4.69, 9.17) is 4.74 Å². The molecule has 0 aromatic heterocycles. The molecule has 4 nitrogen and oxygen atoms in total. The van der Waals surface area contributed by atoms with Crippen molar-refractivity contribution in [2.24, 2.45) is 40.9 Å². The number of allylic oxidation sites excluding steroid dienone is 1. The van der Waals surface area contributed by atoms with Gasteiger partial charge in [0.05, 0.1) is 11.7 Å². The number of amides is 1. The Bertz CT molecular complexity index is 868. The molecule has 6 aliphatic rings. The lowest BCUT2D eigenvalue weighted by Crippen LogP contribution is -2.50. The molecule has 2 aliphatic heterocycles. The minimum absolute atomic E-state index is 0.0564. The van der Waals surface area contributed by atoms with Gasteiger partial charge in [0, 0.05) is 24.9 Å². The zero-order valence-electron chi connectivity index (χ0n) is 22.3. The second-order valence-electron chi connectivity index (χ2n) is 13.8. The van der Waals surface area contributed by atoms with Gasteiger partial charge in [-0.05, 0) is 113 Å². The second-order valence-corrected chi connectivity index (χ2v) is 13.8. The number of piperidine rings is 1. The van der Waals surface area contributed by atoms with Crippen molar-refractivity contribution in [1.82, 2.24) is 10.6 Å². The van der Waals surface area contributed by atoms with Gasteiger partial charge < -0.3 is 15.4 Å². The molecule has 1 unspecified atom stereocenters. The summed E-state index contributed by atoms with van der Waals surface area (Å²) in [5.41, 5.74) is 4.04. The molecular weight excluding hydrogens is 420 g/mol.